The normalized spacial score (nSPS) is 14.1. The smallest absolute Gasteiger partial charge is 0.255 e. The van der Waals surface area contributed by atoms with Gasteiger partial charge in [-0.15, -0.1) is 0 Å². The molecule has 144 valence electrons. The van der Waals surface area contributed by atoms with Crippen LogP contribution in [-0.4, -0.2) is 42.5 Å². The lowest BCUT2D eigenvalue weighted by Gasteiger charge is -2.28. The Kier molecular flexibility index (Phi) is 6.69. The Hall–Kier alpha value is -2.56. The summed E-state index contributed by atoms with van der Waals surface area (Å²) in [4.78, 5) is 21.0. The van der Waals surface area contributed by atoms with E-state index in [1.165, 1.54) is 24.9 Å². The Morgan fingerprint density at radius 1 is 1.11 bits per heavy atom. The molecule has 1 N–H and O–H groups in total. The molecular formula is C22H30N4O. The topological polar surface area (TPSA) is 48.5 Å². The van der Waals surface area contributed by atoms with Gasteiger partial charge in [-0.2, -0.15) is 0 Å². The number of anilines is 3. The summed E-state index contributed by atoms with van der Waals surface area (Å²) in [5.74, 6) is 0.0139. The van der Waals surface area contributed by atoms with Crippen molar-refractivity contribution in [3.8, 4) is 0 Å². The number of aromatic nitrogens is 1. The van der Waals surface area contributed by atoms with Crippen LogP contribution in [0.5, 0.6) is 0 Å². The van der Waals surface area contributed by atoms with Crippen LogP contribution in [0.3, 0.4) is 0 Å². The van der Waals surface area contributed by atoms with Gasteiger partial charge in [0.1, 0.15) is 0 Å². The van der Waals surface area contributed by atoms with E-state index in [1.807, 2.05) is 13.1 Å². The van der Waals surface area contributed by atoms with E-state index >= 15 is 0 Å². The van der Waals surface area contributed by atoms with Crippen LogP contribution >= 0.6 is 0 Å². The van der Waals surface area contributed by atoms with Crippen LogP contribution in [0.1, 0.15) is 49.4 Å². The maximum absolute atomic E-state index is 12.5. The van der Waals surface area contributed by atoms with Crippen molar-refractivity contribution in [1.82, 2.24) is 9.88 Å². The van der Waals surface area contributed by atoms with Gasteiger partial charge < -0.3 is 15.1 Å². The van der Waals surface area contributed by atoms with Crippen molar-refractivity contribution in [3.05, 3.63) is 48.3 Å². The minimum absolute atomic E-state index is 0.0139. The Labute approximate surface area is 162 Å². The van der Waals surface area contributed by atoms with Crippen molar-refractivity contribution < 1.29 is 4.79 Å². The number of nitrogens with one attached hydrogen (secondary N) is 1. The fourth-order valence-electron chi connectivity index (χ4n) is 3.42. The lowest BCUT2D eigenvalue weighted by Crippen LogP contribution is -2.29. The standard InChI is InChI=1S/C22H30N4O/c1-3-4-12-25(2)22(27)18-15-20(17-23-16-18)24-19-8-10-21(11-9-19)26-13-6-5-7-14-26/h8-11,15-17,24H,3-7,12-14H2,1-2H3. The third-order valence-corrected chi connectivity index (χ3v) is 5.06. The van der Waals surface area contributed by atoms with E-state index < -0.39 is 0 Å². The molecule has 1 fully saturated rings. The van der Waals surface area contributed by atoms with Gasteiger partial charge in [0.15, 0.2) is 0 Å². The van der Waals surface area contributed by atoms with Gasteiger partial charge in [0.05, 0.1) is 17.4 Å². The Morgan fingerprint density at radius 3 is 2.56 bits per heavy atom. The number of hydrogen-bond acceptors (Lipinski definition) is 4. The number of benzene rings is 1. The first-order valence-electron chi connectivity index (χ1n) is 10.00. The molecule has 0 spiro atoms. The lowest BCUT2D eigenvalue weighted by atomic mass is 10.1. The minimum Gasteiger partial charge on any atom is -0.372 e. The molecule has 0 atom stereocenters. The van der Waals surface area contributed by atoms with Crippen LogP contribution in [0.4, 0.5) is 17.1 Å². The first kappa shape index (κ1) is 19.2. The maximum atomic E-state index is 12.5. The van der Waals surface area contributed by atoms with Crippen LogP contribution in [0.25, 0.3) is 0 Å². The highest BCUT2D eigenvalue weighted by Crippen LogP contribution is 2.24. The fraction of sp³-hybridized carbons (Fsp3) is 0.455. The van der Waals surface area contributed by atoms with Gasteiger partial charge in [-0.05, 0) is 56.0 Å². The van der Waals surface area contributed by atoms with E-state index in [-0.39, 0.29) is 5.91 Å². The fourth-order valence-corrected chi connectivity index (χ4v) is 3.42. The molecule has 5 nitrogen and oxygen atoms in total. The predicted molar refractivity (Wildman–Crippen MR) is 112 cm³/mol. The average Bonchev–Trinajstić information content (AvgIpc) is 2.73. The molecule has 1 amide bonds. The highest BCUT2D eigenvalue weighted by atomic mass is 16.2. The molecule has 0 bridgehead atoms. The zero-order chi connectivity index (χ0) is 19.1. The highest BCUT2D eigenvalue weighted by Gasteiger charge is 2.13. The SMILES string of the molecule is CCCCN(C)C(=O)c1cncc(Nc2ccc(N3CCCCC3)cc2)c1. The van der Waals surface area contributed by atoms with Crippen molar-refractivity contribution in [2.45, 2.75) is 39.0 Å². The van der Waals surface area contributed by atoms with Gasteiger partial charge in [-0.25, -0.2) is 0 Å². The van der Waals surface area contributed by atoms with Crippen LogP contribution in [0.2, 0.25) is 0 Å². The van der Waals surface area contributed by atoms with Gasteiger partial charge in [0.25, 0.3) is 5.91 Å². The number of nitrogens with zero attached hydrogens (tertiary/aromatic N) is 3. The molecule has 0 saturated carbocycles. The summed E-state index contributed by atoms with van der Waals surface area (Å²) >= 11 is 0. The van der Waals surface area contributed by atoms with Crippen LogP contribution < -0.4 is 10.2 Å². The monoisotopic (exact) mass is 366 g/mol. The molecule has 3 rings (SSSR count). The molecule has 27 heavy (non-hydrogen) atoms. The highest BCUT2D eigenvalue weighted by molar-refractivity contribution is 5.94. The van der Waals surface area contributed by atoms with Gasteiger partial charge in [0, 0.05) is 44.3 Å². The molecule has 1 aromatic heterocycles. The molecular weight excluding hydrogens is 336 g/mol. The van der Waals surface area contributed by atoms with Crippen molar-refractivity contribution in [3.63, 3.8) is 0 Å². The maximum Gasteiger partial charge on any atom is 0.255 e. The Balaban J connectivity index is 1.64. The predicted octanol–water partition coefficient (Wildman–Crippen LogP) is 4.69. The van der Waals surface area contributed by atoms with E-state index in [2.05, 4.69) is 46.4 Å². The number of unbranched alkanes of at least 4 members (excludes halogenated alkanes) is 1. The average molecular weight is 367 g/mol. The summed E-state index contributed by atoms with van der Waals surface area (Å²) in [6.45, 7) is 5.19. The molecule has 1 aliphatic rings. The summed E-state index contributed by atoms with van der Waals surface area (Å²) in [6, 6.07) is 10.4. The van der Waals surface area contributed by atoms with Crippen molar-refractivity contribution in [2.75, 3.05) is 36.9 Å². The zero-order valence-corrected chi connectivity index (χ0v) is 16.4. The third-order valence-electron chi connectivity index (χ3n) is 5.06. The number of carbonyl (C=O) groups is 1. The molecule has 1 saturated heterocycles. The van der Waals surface area contributed by atoms with Gasteiger partial charge in [-0.3, -0.25) is 9.78 Å². The number of rotatable bonds is 7. The second-order valence-corrected chi connectivity index (χ2v) is 7.26. The zero-order valence-electron chi connectivity index (χ0n) is 16.4. The van der Waals surface area contributed by atoms with Gasteiger partial charge >= 0.3 is 0 Å². The van der Waals surface area contributed by atoms with Crippen LogP contribution in [0, 0.1) is 0 Å². The van der Waals surface area contributed by atoms with Crippen LogP contribution in [0.15, 0.2) is 42.7 Å². The first-order chi connectivity index (χ1) is 13.2. The summed E-state index contributed by atoms with van der Waals surface area (Å²) < 4.78 is 0. The van der Waals surface area contributed by atoms with Gasteiger partial charge in [-0.1, -0.05) is 13.3 Å². The lowest BCUT2D eigenvalue weighted by molar-refractivity contribution is 0.0793. The number of amides is 1. The van der Waals surface area contributed by atoms with Crippen molar-refractivity contribution in [2.24, 2.45) is 0 Å². The van der Waals surface area contributed by atoms with E-state index in [4.69, 9.17) is 0 Å². The molecule has 0 unspecified atom stereocenters. The molecule has 0 radical (unpaired) electrons. The summed E-state index contributed by atoms with van der Waals surface area (Å²) in [7, 11) is 1.84. The molecule has 0 aliphatic carbocycles. The minimum atomic E-state index is 0.0139. The summed E-state index contributed by atoms with van der Waals surface area (Å²) in [5.41, 5.74) is 3.72. The third kappa shape index (κ3) is 5.22. The number of carbonyl (C=O) groups excluding carboxylic acids is 1. The summed E-state index contributed by atoms with van der Waals surface area (Å²) in [5, 5.41) is 3.36. The van der Waals surface area contributed by atoms with E-state index in [0.717, 1.165) is 43.9 Å². The largest absolute Gasteiger partial charge is 0.372 e. The van der Waals surface area contributed by atoms with E-state index in [9.17, 15) is 4.79 Å². The second-order valence-electron chi connectivity index (χ2n) is 7.26. The number of pyridine rings is 1. The second kappa shape index (κ2) is 9.40. The molecule has 2 aromatic rings. The summed E-state index contributed by atoms with van der Waals surface area (Å²) in [6.07, 6.45) is 9.36. The Morgan fingerprint density at radius 2 is 1.85 bits per heavy atom. The number of piperidine rings is 1. The molecule has 5 heteroatoms. The van der Waals surface area contributed by atoms with E-state index in [1.54, 1.807) is 17.3 Å². The molecule has 2 heterocycles. The number of hydrogen-bond donors (Lipinski definition) is 1. The molecule has 1 aromatic carbocycles. The quantitative estimate of drug-likeness (QED) is 0.772. The van der Waals surface area contributed by atoms with Gasteiger partial charge in [0.2, 0.25) is 0 Å². The van der Waals surface area contributed by atoms with Crippen molar-refractivity contribution in [1.29, 1.82) is 0 Å². The molecule has 1 aliphatic heterocycles. The van der Waals surface area contributed by atoms with E-state index in [0.29, 0.717) is 5.56 Å². The van der Waals surface area contributed by atoms with Crippen LogP contribution in [-0.2, 0) is 0 Å². The first-order valence-corrected chi connectivity index (χ1v) is 10.00. The Bertz CT molecular complexity index is 738. The van der Waals surface area contributed by atoms with Crippen molar-refractivity contribution >= 4 is 23.0 Å².